The smallest absolute Gasteiger partial charge is 0.323 e. The van der Waals surface area contributed by atoms with Gasteiger partial charge in [-0.05, 0) is 19.3 Å². The maximum atomic E-state index is 12.4. The number of urea groups is 1. The predicted molar refractivity (Wildman–Crippen MR) is 68.8 cm³/mol. The van der Waals surface area contributed by atoms with E-state index in [1.165, 1.54) is 4.90 Å². The third-order valence-electron chi connectivity index (χ3n) is 4.13. The summed E-state index contributed by atoms with van der Waals surface area (Å²) in [7, 11) is 0. The fraction of sp³-hybridized carbons (Fsp3) is 0.846. The number of amides is 2. The van der Waals surface area contributed by atoms with Gasteiger partial charge in [0.1, 0.15) is 6.54 Å². The summed E-state index contributed by atoms with van der Waals surface area (Å²) < 4.78 is 0. The third-order valence-corrected chi connectivity index (χ3v) is 4.13. The van der Waals surface area contributed by atoms with E-state index in [0.717, 1.165) is 32.1 Å². The lowest BCUT2D eigenvalue weighted by Gasteiger charge is -2.31. The van der Waals surface area contributed by atoms with Gasteiger partial charge >= 0.3 is 12.0 Å². The number of carboxylic acid groups (broad SMARTS) is 1. The van der Waals surface area contributed by atoms with Gasteiger partial charge in [-0.2, -0.15) is 0 Å². The number of carbonyl (C=O) groups is 2. The minimum atomic E-state index is -0.960. The van der Waals surface area contributed by atoms with Gasteiger partial charge < -0.3 is 20.0 Å². The second kappa shape index (κ2) is 6.23. The lowest BCUT2D eigenvalue weighted by Crippen LogP contribution is -2.48. The first-order chi connectivity index (χ1) is 9.11. The van der Waals surface area contributed by atoms with Crippen LogP contribution < -0.4 is 0 Å². The minimum absolute atomic E-state index is 0.0665. The van der Waals surface area contributed by atoms with Crippen molar-refractivity contribution < 1.29 is 19.8 Å². The first kappa shape index (κ1) is 14.1. The van der Waals surface area contributed by atoms with Crippen LogP contribution in [0.2, 0.25) is 0 Å². The third kappa shape index (κ3) is 3.37. The van der Waals surface area contributed by atoms with Gasteiger partial charge in [-0.15, -0.1) is 0 Å². The van der Waals surface area contributed by atoms with Crippen molar-refractivity contribution >= 4 is 12.0 Å². The van der Waals surface area contributed by atoms with Crippen LogP contribution in [0.25, 0.3) is 0 Å². The zero-order valence-corrected chi connectivity index (χ0v) is 11.1. The molecule has 1 aliphatic carbocycles. The molecule has 108 valence electrons. The topological polar surface area (TPSA) is 81.1 Å². The number of carbonyl (C=O) groups excluding carboxylic acids is 1. The molecule has 2 N–H and O–H groups in total. The van der Waals surface area contributed by atoms with E-state index in [2.05, 4.69) is 0 Å². The van der Waals surface area contributed by atoms with Crippen LogP contribution in [0.3, 0.4) is 0 Å². The van der Waals surface area contributed by atoms with Gasteiger partial charge in [0.2, 0.25) is 0 Å². The molecular weight excluding hydrogens is 248 g/mol. The molecule has 1 aliphatic heterocycles. The number of rotatable bonds is 4. The molecule has 0 spiro atoms. The summed E-state index contributed by atoms with van der Waals surface area (Å²) in [5.41, 5.74) is 0. The number of aliphatic carboxylic acids is 1. The largest absolute Gasteiger partial charge is 0.480 e. The molecule has 0 aromatic heterocycles. The molecule has 1 atom stereocenters. The zero-order valence-electron chi connectivity index (χ0n) is 11.1. The lowest BCUT2D eigenvalue weighted by molar-refractivity contribution is -0.138. The first-order valence-corrected chi connectivity index (χ1v) is 7.00. The van der Waals surface area contributed by atoms with Crippen molar-refractivity contribution in [2.75, 3.05) is 26.2 Å². The lowest BCUT2D eigenvalue weighted by atomic mass is 10.1. The summed E-state index contributed by atoms with van der Waals surface area (Å²) >= 11 is 0. The van der Waals surface area contributed by atoms with Crippen LogP contribution in [0.5, 0.6) is 0 Å². The molecule has 1 unspecified atom stereocenters. The Morgan fingerprint density at radius 1 is 1.21 bits per heavy atom. The molecule has 2 rings (SSSR count). The predicted octanol–water partition coefficient (Wildman–Crippen LogP) is 0.750. The molecule has 2 amide bonds. The highest BCUT2D eigenvalue weighted by Gasteiger charge is 2.34. The van der Waals surface area contributed by atoms with Crippen molar-refractivity contribution in [2.45, 2.75) is 38.1 Å². The van der Waals surface area contributed by atoms with E-state index in [1.54, 1.807) is 4.90 Å². The molecule has 0 aromatic carbocycles. The van der Waals surface area contributed by atoms with Crippen molar-refractivity contribution in [3.05, 3.63) is 0 Å². The number of nitrogens with zero attached hydrogens (tertiary/aromatic N) is 2. The number of likely N-dealkylation sites (tertiary alicyclic amines) is 1. The van der Waals surface area contributed by atoms with Crippen molar-refractivity contribution in [1.82, 2.24) is 9.80 Å². The average molecular weight is 270 g/mol. The van der Waals surface area contributed by atoms with Crippen molar-refractivity contribution in [3.63, 3.8) is 0 Å². The van der Waals surface area contributed by atoms with Crippen molar-refractivity contribution in [1.29, 1.82) is 0 Å². The van der Waals surface area contributed by atoms with E-state index < -0.39 is 5.97 Å². The number of aliphatic hydroxyl groups excluding tert-OH is 1. The van der Waals surface area contributed by atoms with Crippen LogP contribution >= 0.6 is 0 Å². The number of hydrogen-bond acceptors (Lipinski definition) is 3. The van der Waals surface area contributed by atoms with Gasteiger partial charge in [0.25, 0.3) is 0 Å². The molecule has 2 aliphatic rings. The van der Waals surface area contributed by atoms with E-state index in [-0.39, 0.29) is 31.1 Å². The second-order valence-corrected chi connectivity index (χ2v) is 5.53. The minimum Gasteiger partial charge on any atom is -0.480 e. The van der Waals surface area contributed by atoms with Crippen LogP contribution in [-0.2, 0) is 4.79 Å². The Hall–Kier alpha value is -1.30. The van der Waals surface area contributed by atoms with E-state index in [9.17, 15) is 9.59 Å². The molecule has 1 heterocycles. The Labute approximate surface area is 113 Å². The Kier molecular flexibility index (Phi) is 4.63. The molecule has 6 nitrogen and oxygen atoms in total. The van der Waals surface area contributed by atoms with Gasteiger partial charge in [0.15, 0.2) is 0 Å². The van der Waals surface area contributed by atoms with Crippen LogP contribution in [0.4, 0.5) is 4.79 Å². The van der Waals surface area contributed by atoms with E-state index in [4.69, 9.17) is 10.2 Å². The van der Waals surface area contributed by atoms with E-state index in [1.807, 2.05) is 0 Å². The Balaban J connectivity index is 2.00. The molecular formula is C13H22N2O4. The van der Waals surface area contributed by atoms with Crippen LogP contribution in [0.1, 0.15) is 32.1 Å². The number of carboxylic acids is 1. The SMILES string of the molecule is O=C(O)CN(C(=O)N1CCC(CO)C1)C1CCCC1. The fourth-order valence-corrected chi connectivity index (χ4v) is 3.05. The first-order valence-electron chi connectivity index (χ1n) is 7.00. The monoisotopic (exact) mass is 270 g/mol. The maximum Gasteiger partial charge on any atom is 0.323 e. The molecule has 0 bridgehead atoms. The van der Waals surface area contributed by atoms with Crippen molar-refractivity contribution in [2.24, 2.45) is 5.92 Å². The van der Waals surface area contributed by atoms with E-state index in [0.29, 0.717) is 13.1 Å². The quantitative estimate of drug-likeness (QED) is 0.790. The maximum absolute atomic E-state index is 12.4. The van der Waals surface area contributed by atoms with Crippen molar-refractivity contribution in [3.8, 4) is 0 Å². The fourth-order valence-electron chi connectivity index (χ4n) is 3.05. The Bertz CT molecular complexity index is 342. The summed E-state index contributed by atoms with van der Waals surface area (Å²) in [4.78, 5) is 26.6. The van der Waals surface area contributed by atoms with Crippen LogP contribution in [-0.4, -0.2) is 64.3 Å². The van der Waals surface area contributed by atoms with Gasteiger partial charge in [-0.1, -0.05) is 12.8 Å². The molecule has 1 saturated carbocycles. The van der Waals surface area contributed by atoms with Crippen LogP contribution in [0.15, 0.2) is 0 Å². The van der Waals surface area contributed by atoms with E-state index >= 15 is 0 Å². The zero-order chi connectivity index (χ0) is 13.8. The van der Waals surface area contributed by atoms with Gasteiger partial charge in [-0.3, -0.25) is 4.79 Å². The number of aliphatic hydroxyl groups is 1. The Morgan fingerprint density at radius 3 is 2.42 bits per heavy atom. The normalized spacial score (nSPS) is 23.8. The highest BCUT2D eigenvalue weighted by molar-refractivity contribution is 5.80. The van der Waals surface area contributed by atoms with Gasteiger partial charge in [0, 0.05) is 31.7 Å². The number of hydrogen-bond donors (Lipinski definition) is 2. The molecule has 1 saturated heterocycles. The molecule has 2 fully saturated rings. The summed E-state index contributed by atoms with van der Waals surface area (Å²) in [6.45, 7) is 1.03. The summed E-state index contributed by atoms with van der Waals surface area (Å²) in [5, 5.41) is 18.1. The average Bonchev–Trinajstić information content (AvgIpc) is 3.05. The van der Waals surface area contributed by atoms with Gasteiger partial charge in [-0.25, -0.2) is 4.79 Å². The molecule has 6 heteroatoms. The highest BCUT2D eigenvalue weighted by Crippen LogP contribution is 2.26. The highest BCUT2D eigenvalue weighted by atomic mass is 16.4. The molecule has 19 heavy (non-hydrogen) atoms. The summed E-state index contributed by atoms with van der Waals surface area (Å²) in [5.74, 6) is -0.822. The standard InChI is InChI=1S/C13H22N2O4/c16-9-10-5-6-14(7-10)13(19)15(8-12(17)18)11-3-1-2-4-11/h10-11,16H,1-9H2,(H,17,18). The van der Waals surface area contributed by atoms with Gasteiger partial charge in [0.05, 0.1) is 0 Å². The Morgan fingerprint density at radius 2 is 1.89 bits per heavy atom. The second-order valence-electron chi connectivity index (χ2n) is 5.53. The summed E-state index contributed by atoms with van der Waals surface area (Å²) in [6, 6.07) is -0.109. The molecule has 0 radical (unpaired) electrons. The van der Waals surface area contributed by atoms with Crippen LogP contribution in [0, 0.1) is 5.92 Å². The molecule has 0 aromatic rings. The summed E-state index contributed by atoms with van der Waals surface area (Å²) in [6.07, 6.45) is 4.72.